The molecule has 0 saturated carbocycles. The fraction of sp³-hybridized carbons (Fsp3) is 0.391. The molecule has 1 aromatic carbocycles. The highest BCUT2D eigenvalue weighted by molar-refractivity contribution is 8.15. The van der Waals surface area contributed by atoms with Gasteiger partial charge in [0.05, 0.1) is 22.2 Å². The topological polar surface area (TPSA) is 102 Å². The van der Waals surface area contributed by atoms with Crippen molar-refractivity contribution in [2.75, 3.05) is 12.0 Å². The van der Waals surface area contributed by atoms with Crippen LogP contribution in [0.1, 0.15) is 48.9 Å². The third-order valence-electron chi connectivity index (χ3n) is 5.25. The van der Waals surface area contributed by atoms with Gasteiger partial charge in [-0.15, -0.1) is 6.42 Å². The Labute approximate surface area is 199 Å². The lowest BCUT2D eigenvalue weighted by Gasteiger charge is -2.39. The van der Waals surface area contributed by atoms with Crippen LogP contribution >= 0.6 is 11.8 Å². The van der Waals surface area contributed by atoms with Crippen molar-refractivity contribution >= 4 is 28.5 Å². The van der Waals surface area contributed by atoms with E-state index in [0.29, 0.717) is 0 Å². The fourth-order valence-electron chi connectivity index (χ4n) is 3.75. The smallest absolute Gasteiger partial charge is 0.276 e. The van der Waals surface area contributed by atoms with Gasteiger partial charge in [-0.05, 0) is 40.2 Å². The van der Waals surface area contributed by atoms with E-state index >= 15 is 0 Å². The Balaban J connectivity index is 1.92. The number of nitrogens with two attached hydrogens (primary N) is 1. The van der Waals surface area contributed by atoms with Crippen LogP contribution in [0.5, 0.6) is 5.88 Å². The number of halogens is 3. The lowest BCUT2D eigenvalue weighted by molar-refractivity contribution is 0.102. The number of nitrogens with zero attached hydrogens (tertiary/aromatic N) is 3. The number of aliphatic imine (C=N–C) groups is 1. The molecule has 2 heterocycles. The number of carbonyl (C=O) groups is 1. The van der Waals surface area contributed by atoms with Gasteiger partial charge < -0.3 is 15.8 Å². The average molecular weight is 492 g/mol. The molecule has 1 amide bonds. The summed E-state index contributed by atoms with van der Waals surface area (Å²) in [5.41, 5.74) is 4.55. The number of amidine groups is 1. The summed E-state index contributed by atoms with van der Waals surface area (Å²) in [6.45, 7) is 5.64. The van der Waals surface area contributed by atoms with Crippen LogP contribution in [0, 0.1) is 30.9 Å². The molecule has 1 aliphatic rings. The quantitative estimate of drug-likeness (QED) is 0.590. The first-order chi connectivity index (χ1) is 15.9. The molecule has 7 nitrogen and oxygen atoms in total. The number of hydrogen-bond acceptors (Lipinski definition) is 7. The first-order valence-electron chi connectivity index (χ1n) is 10.3. The van der Waals surface area contributed by atoms with E-state index < -0.39 is 40.6 Å². The van der Waals surface area contributed by atoms with Crippen LogP contribution in [0.15, 0.2) is 23.3 Å². The Morgan fingerprint density at radius 2 is 2.12 bits per heavy atom. The van der Waals surface area contributed by atoms with Crippen LogP contribution in [0.25, 0.3) is 0 Å². The second kappa shape index (κ2) is 9.54. The molecule has 0 unspecified atom stereocenters. The molecule has 1 aromatic heterocycles. The molecule has 0 spiro atoms. The number of alkyl halides is 1. The molecule has 0 fully saturated rings. The Hall–Kier alpha value is -3.26. The molecule has 2 aromatic rings. The summed E-state index contributed by atoms with van der Waals surface area (Å²) < 4.78 is 47.5. The molecule has 34 heavy (non-hydrogen) atoms. The van der Waals surface area contributed by atoms with Gasteiger partial charge in [0.25, 0.3) is 5.91 Å². The number of anilines is 1. The maximum Gasteiger partial charge on any atom is 0.276 e. The standard InChI is InChI=1S/C23H24F3N5O2S/c1-6-12(2)33-17-9-28-19(13(3)29-17)20(32)30-14-7-15(18(26)16(25)8-14)23(5)10-22(4,11-24)34-21(27)31-23/h1,7-9,12H,10-11H2,2-5H3,(H2,27,31)(H,30,32)/t12-,22+,23-/m0/s1. The minimum atomic E-state index is -1.34. The molecule has 0 radical (unpaired) electrons. The second-order valence-electron chi connectivity index (χ2n) is 8.43. The van der Waals surface area contributed by atoms with Crippen molar-refractivity contribution in [3.05, 3.63) is 46.9 Å². The van der Waals surface area contributed by atoms with Crippen molar-refractivity contribution in [2.24, 2.45) is 10.7 Å². The normalized spacial score (nSPS) is 22.9. The van der Waals surface area contributed by atoms with Gasteiger partial charge in [0.15, 0.2) is 22.9 Å². The molecule has 0 aliphatic carbocycles. The number of terminal acetylenes is 1. The highest BCUT2D eigenvalue weighted by atomic mass is 32.2. The number of ether oxygens (including phenoxy) is 1. The van der Waals surface area contributed by atoms with Crippen LogP contribution in [0.2, 0.25) is 0 Å². The van der Waals surface area contributed by atoms with Gasteiger partial charge in [-0.1, -0.05) is 17.7 Å². The maximum absolute atomic E-state index is 14.8. The highest BCUT2D eigenvalue weighted by Crippen LogP contribution is 2.46. The van der Waals surface area contributed by atoms with Crippen molar-refractivity contribution in [3.8, 4) is 18.2 Å². The van der Waals surface area contributed by atoms with E-state index in [9.17, 15) is 18.0 Å². The number of aromatic nitrogens is 2. The number of nitrogens with one attached hydrogen (secondary N) is 1. The van der Waals surface area contributed by atoms with E-state index in [0.717, 1.165) is 17.8 Å². The monoisotopic (exact) mass is 491 g/mol. The van der Waals surface area contributed by atoms with Crippen molar-refractivity contribution in [1.29, 1.82) is 0 Å². The van der Waals surface area contributed by atoms with Crippen molar-refractivity contribution in [1.82, 2.24) is 9.97 Å². The zero-order chi connectivity index (χ0) is 25.3. The third-order valence-corrected chi connectivity index (χ3v) is 6.29. The van der Waals surface area contributed by atoms with Crippen molar-refractivity contribution in [2.45, 2.75) is 50.5 Å². The largest absolute Gasteiger partial charge is 0.460 e. The third kappa shape index (κ3) is 5.28. The average Bonchev–Trinajstić information content (AvgIpc) is 2.75. The predicted molar refractivity (Wildman–Crippen MR) is 126 cm³/mol. The second-order valence-corrected chi connectivity index (χ2v) is 10.0. The molecule has 3 N–H and O–H groups in total. The van der Waals surface area contributed by atoms with E-state index in [1.807, 2.05) is 0 Å². The van der Waals surface area contributed by atoms with Gasteiger partial charge in [0.1, 0.15) is 12.4 Å². The lowest BCUT2D eigenvalue weighted by Crippen LogP contribution is -2.42. The van der Waals surface area contributed by atoms with Crippen molar-refractivity contribution in [3.63, 3.8) is 0 Å². The molecule has 0 saturated heterocycles. The number of thioether (sulfide) groups is 1. The molecule has 3 rings (SSSR count). The SMILES string of the molecule is C#C[C@H](C)Oc1cnc(C(=O)Nc2cc(F)c(F)c([C@]3(C)C[C@](C)(CF)SC(N)=N3)c2)c(C)n1. The van der Waals surface area contributed by atoms with Crippen LogP contribution < -0.4 is 15.8 Å². The number of carbonyl (C=O) groups excluding carboxylic acids is 1. The summed E-state index contributed by atoms with van der Waals surface area (Å²) in [6.07, 6.45) is 6.04. The lowest BCUT2D eigenvalue weighted by atomic mass is 9.83. The summed E-state index contributed by atoms with van der Waals surface area (Å²) >= 11 is 1.05. The summed E-state index contributed by atoms with van der Waals surface area (Å²) in [6, 6.07) is 2.10. The number of aryl methyl sites for hydroxylation is 1. The van der Waals surface area contributed by atoms with Gasteiger partial charge in [-0.2, -0.15) is 0 Å². The van der Waals surface area contributed by atoms with E-state index in [1.165, 1.54) is 12.3 Å². The molecule has 11 heteroatoms. The van der Waals surface area contributed by atoms with Crippen molar-refractivity contribution < 1.29 is 22.7 Å². The van der Waals surface area contributed by atoms with Gasteiger partial charge in [-0.25, -0.2) is 23.1 Å². The Morgan fingerprint density at radius 3 is 2.74 bits per heavy atom. The summed E-state index contributed by atoms with van der Waals surface area (Å²) in [4.78, 5) is 25.3. The molecule has 180 valence electrons. The van der Waals surface area contributed by atoms with Crippen LogP contribution in [0.3, 0.4) is 0 Å². The van der Waals surface area contributed by atoms with E-state index in [4.69, 9.17) is 16.9 Å². The summed E-state index contributed by atoms with van der Waals surface area (Å²) in [7, 11) is 0. The van der Waals surface area contributed by atoms with Crippen LogP contribution in [0.4, 0.5) is 18.9 Å². The molecule has 0 bridgehead atoms. The zero-order valence-electron chi connectivity index (χ0n) is 19.1. The number of amides is 1. The van der Waals surface area contributed by atoms with Crippen LogP contribution in [-0.2, 0) is 5.54 Å². The van der Waals surface area contributed by atoms with E-state index in [2.05, 4.69) is 26.2 Å². The Bertz CT molecular complexity index is 1200. The van der Waals surface area contributed by atoms with Gasteiger partial charge in [0.2, 0.25) is 5.88 Å². The first-order valence-corrected chi connectivity index (χ1v) is 11.1. The van der Waals surface area contributed by atoms with E-state index in [1.54, 1.807) is 27.7 Å². The Morgan fingerprint density at radius 1 is 1.41 bits per heavy atom. The van der Waals surface area contributed by atoms with Gasteiger partial charge in [-0.3, -0.25) is 9.79 Å². The predicted octanol–water partition coefficient (Wildman–Crippen LogP) is 4.11. The molecular weight excluding hydrogens is 467 g/mol. The van der Waals surface area contributed by atoms with Gasteiger partial charge >= 0.3 is 0 Å². The van der Waals surface area contributed by atoms with E-state index in [-0.39, 0.29) is 40.1 Å². The first kappa shape index (κ1) is 25.4. The summed E-state index contributed by atoms with van der Waals surface area (Å²) in [5, 5.41) is 2.57. The van der Waals surface area contributed by atoms with Crippen LogP contribution in [-0.4, -0.2) is 38.6 Å². The Kier molecular flexibility index (Phi) is 7.12. The number of hydrogen-bond donors (Lipinski definition) is 2. The number of benzene rings is 1. The summed E-state index contributed by atoms with van der Waals surface area (Å²) in [5.74, 6) is -0.512. The molecule has 3 atom stereocenters. The minimum absolute atomic E-state index is 0.0310. The number of rotatable bonds is 6. The minimum Gasteiger partial charge on any atom is -0.460 e. The van der Waals surface area contributed by atoms with Gasteiger partial charge in [0, 0.05) is 17.3 Å². The maximum atomic E-state index is 14.8. The molecular formula is C23H24F3N5O2S. The molecule has 1 aliphatic heterocycles. The highest BCUT2D eigenvalue weighted by Gasteiger charge is 2.44. The fourth-order valence-corrected chi connectivity index (χ4v) is 4.91. The zero-order valence-corrected chi connectivity index (χ0v) is 19.9.